The molecule has 0 aromatic heterocycles. The van der Waals surface area contributed by atoms with Crippen LogP contribution in [0.25, 0.3) is 0 Å². The molecule has 2 atom stereocenters. The molecule has 2 unspecified atom stereocenters. The SMILES string of the molecule is Cc1ccc(C(N)C2CCNC2)cc1C. The van der Waals surface area contributed by atoms with E-state index >= 15 is 0 Å². The van der Waals surface area contributed by atoms with Gasteiger partial charge >= 0.3 is 0 Å². The molecule has 0 radical (unpaired) electrons. The van der Waals surface area contributed by atoms with E-state index in [1.807, 2.05) is 0 Å². The summed E-state index contributed by atoms with van der Waals surface area (Å²) in [6, 6.07) is 6.77. The lowest BCUT2D eigenvalue weighted by Crippen LogP contribution is -2.23. The van der Waals surface area contributed by atoms with Gasteiger partial charge in [0, 0.05) is 6.04 Å². The highest BCUT2D eigenvalue weighted by Crippen LogP contribution is 2.25. The molecule has 1 aromatic rings. The van der Waals surface area contributed by atoms with E-state index < -0.39 is 0 Å². The third-order valence-corrected chi connectivity index (χ3v) is 3.52. The Morgan fingerprint density at radius 1 is 1.33 bits per heavy atom. The van der Waals surface area contributed by atoms with Gasteiger partial charge in [-0.05, 0) is 56.0 Å². The Morgan fingerprint density at radius 2 is 2.13 bits per heavy atom. The number of nitrogens with two attached hydrogens (primary N) is 1. The van der Waals surface area contributed by atoms with Crippen LogP contribution in [0.4, 0.5) is 0 Å². The van der Waals surface area contributed by atoms with Crippen LogP contribution >= 0.6 is 0 Å². The molecule has 1 aromatic carbocycles. The second-order valence-corrected chi connectivity index (χ2v) is 4.62. The van der Waals surface area contributed by atoms with Gasteiger partial charge in [-0.15, -0.1) is 0 Å². The van der Waals surface area contributed by atoms with Gasteiger partial charge < -0.3 is 11.1 Å². The molecule has 1 aliphatic heterocycles. The fourth-order valence-corrected chi connectivity index (χ4v) is 2.23. The third-order valence-electron chi connectivity index (χ3n) is 3.52. The first-order valence-corrected chi connectivity index (χ1v) is 5.72. The molecule has 0 bridgehead atoms. The van der Waals surface area contributed by atoms with Crippen LogP contribution in [0, 0.1) is 19.8 Å². The number of hydrogen-bond donors (Lipinski definition) is 2. The van der Waals surface area contributed by atoms with E-state index in [2.05, 4.69) is 37.4 Å². The van der Waals surface area contributed by atoms with E-state index in [1.54, 1.807) is 0 Å². The fourth-order valence-electron chi connectivity index (χ4n) is 2.23. The fraction of sp³-hybridized carbons (Fsp3) is 0.538. The van der Waals surface area contributed by atoms with Crippen molar-refractivity contribution < 1.29 is 0 Å². The number of nitrogens with one attached hydrogen (secondary N) is 1. The van der Waals surface area contributed by atoms with Crippen LogP contribution in [0.15, 0.2) is 18.2 Å². The first-order valence-electron chi connectivity index (χ1n) is 5.72. The van der Waals surface area contributed by atoms with Gasteiger partial charge in [0.25, 0.3) is 0 Å². The average Bonchev–Trinajstić information content (AvgIpc) is 2.74. The highest BCUT2D eigenvalue weighted by molar-refractivity contribution is 5.32. The number of hydrogen-bond acceptors (Lipinski definition) is 2. The van der Waals surface area contributed by atoms with Crippen molar-refractivity contribution in [3.05, 3.63) is 34.9 Å². The summed E-state index contributed by atoms with van der Waals surface area (Å²) in [4.78, 5) is 0. The van der Waals surface area contributed by atoms with Crippen molar-refractivity contribution in [3.8, 4) is 0 Å². The van der Waals surface area contributed by atoms with E-state index in [0.717, 1.165) is 13.1 Å². The standard InChI is InChI=1S/C13H20N2/c1-9-3-4-11(7-10(9)2)13(14)12-5-6-15-8-12/h3-4,7,12-13,15H,5-6,8,14H2,1-2H3. The lowest BCUT2D eigenvalue weighted by Gasteiger charge is -2.19. The van der Waals surface area contributed by atoms with Gasteiger partial charge in [-0.3, -0.25) is 0 Å². The summed E-state index contributed by atoms with van der Waals surface area (Å²) in [5.74, 6) is 0.604. The minimum atomic E-state index is 0.194. The molecular formula is C13H20N2. The number of rotatable bonds is 2. The Hall–Kier alpha value is -0.860. The van der Waals surface area contributed by atoms with E-state index in [9.17, 15) is 0 Å². The highest BCUT2D eigenvalue weighted by atomic mass is 14.9. The minimum absolute atomic E-state index is 0.194. The monoisotopic (exact) mass is 204 g/mol. The Labute approximate surface area is 91.9 Å². The van der Waals surface area contributed by atoms with Crippen LogP contribution in [-0.4, -0.2) is 13.1 Å². The van der Waals surface area contributed by atoms with Gasteiger partial charge in [-0.1, -0.05) is 18.2 Å². The summed E-state index contributed by atoms with van der Waals surface area (Å²) >= 11 is 0. The maximum absolute atomic E-state index is 6.28. The molecule has 3 N–H and O–H groups in total. The Morgan fingerprint density at radius 3 is 2.73 bits per heavy atom. The average molecular weight is 204 g/mol. The second kappa shape index (κ2) is 4.33. The minimum Gasteiger partial charge on any atom is -0.324 e. The molecule has 2 nitrogen and oxygen atoms in total. The lowest BCUT2D eigenvalue weighted by atomic mass is 9.91. The van der Waals surface area contributed by atoms with E-state index in [-0.39, 0.29) is 6.04 Å². The maximum Gasteiger partial charge on any atom is 0.0336 e. The molecule has 1 saturated heterocycles. The van der Waals surface area contributed by atoms with Gasteiger partial charge in [0.1, 0.15) is 0 Å². The molecule has 15 heavy (non-hydrogen) atoms. The Kier molecular flexibility index (Phi) is 3.08. The van der Waals surface area contributed by atoms with Crippen molar-refractivity contribution in [2.45, 2.75) is 26.3 Å². The zero-order chi connectivity index (χ0) is 10.8. The molecule has 2 rings (SSSR count). The van der Waals surface area contributed by atoms with Crippen LogP contribution in [0.1, 0.15) is 29.2 Å². The van der Waals surface area contributed by atoms with Gasteiger partial charge in [-0.25, -0.2) is 0 Å². The van der Waals surface area contributed by atoms with Gasteiger partial charge in [0.2, 0.25) is 0 Å². The smallest absolute Gasteiger partial charge is 0.0336 e. The largest absolute Gasteiger partial charge is 0.324 e. The second-order valence-electron chi connectivity index (χ2n) is 4.62. The molecule has 2 heteroatoms. The summed E-state index contributed by atoms with van der Waals surface area (Å²) in [6.45, 7) is 6.47. The first-order chi connectivity index (χ1) is 7.18. The highest BCUT2D eigenvalue weighted by Gasteiger charge is 2.22. The molecule has 0 amide bonds. The van der Waals surface area contributed by atoms with Crippen LogP contribution in [0.5, 0.6) is 0 Å². The molecule has 0 spiro atoms. The van der Waals surface area contributed by atoms with Gasteiger partial charge in [-0.2, -0.15) is 0 Å². The van der Waals surface area contributed by atoms with Crippen LogP contribution in [0.3, 0.4) is 0 Å². The van der Waals surface area contributed by atoms with Gasteiger partial charge in [0.15, 0.2) is 0 Å². The number of aryl methyl sites for hydroxylation is 2. The summed E-state index contributed by atoms with van der Waals surface area (Å²) in [7, 11) is 0. The Bertz CT molecular complexity index is 340. The number of benzene rings is 1. The van der Waals surface area contributed by atoms with Crippen molar-refractivity contribution >= 4 is 0 Å². The molecule has 0 saturated carbocycles. The van der Waals surface area contributed by atoms with E-state index in [0.29, 0.717) is 5.92 Å². The predicted octanol–water partition coefficient (Wildman–Crippen LogP) is 1.91. The zero-order valence-corrected chi connectivity index (χ0v) is 9.59. The summed E-state index contributed by atoms with van der Waals surface area (Å²) < 4.78 is 0. The topological polar surface area (TPSA) is 38.0 Å². The van der Waals surface area contributed by atoms with Crippen molar-refractivity contribution in [3.63, 3.8) is 0 Å². The van der Waals surface area contributed by atoms with Crippen molar-refractivity contribution in [1.82, 2.24) is 5.32 Å². The predicted molar refractivity (Wildman–Crippen MR) is 63.8 cm³/mol. The summed E-state index contributed by atoms with van der Waals surface area (Å²) in [5.41, 5.74) is 10.2. The molecule has 1 aliphatic rings. The molecule has 82 valence electrons. The molecular weight excluding hydrogens is 184 g/mol. The van der Waals surface area contributed by atoms with Gasteiger partial charge in [0.05, 0.1) is 0 Å². The summed E-state index contributed by atoms with van der Waals surface area (Å²) in [5, 5.41) is 3.37. The van der Waals surface area contributed by atoms with Crippen molar-refractivity contribution in [2.75, 3.05) is 13.1 Å². The molecule has 1 heterocycles. The van der Waals surface area contributed by atoms with E-state index in [1.165, 1.54) is 23.1 Å². The lowest BCUT2D eigenvalue weighted by molar-refractivity contribution is 0.470. The normalized spacial score (nSPS) is 23.0. The summed E-state index contributed by atoms with van der Waals surface area (Å²) in [6.07, 6.45) is 1.20. The van der Waals surface area contributed by atoms with Crippen LogP contribution in [0.2, 0.25) is 0 Å². The Balaban J connectivity index is 2.17. The van der Waals surface area contributed by atoms with E-state index in [4.69, 9.17) is 5.73 Å². The van der Waals surface area contributed by atoms with Crippen LogP contribution < -0.4 is 11.1 Å². The van der Waals surface area contributed by atoms with Crippen molar-refractivity contribution in [2.24, 2.45) is 11.7 Å². The van der Waals surface area contributed by atoms with Crippen molar-refractivity contribution in [1.29, 1.82) is 0 Å². The van der Waals surface area contributed by atoms with Crippen LogP contribution in [-0.2, 0) is 0 Å². The molecule has 0 aliphatic carbocycles. The third kappa shape index (κ3) is 2.21. The molecule has 1 fully saturated rings. The first kappa shape index (κ1) is 10.7. The maximum atomic E-state index is 6.28. The zero-order valence-electron chi connectivity index (χ0n) is 9.59. The quantitative estimate of drug-likeness (QED) is 0.772.